The molecular weight excluding hydrogens is 510 g/mol. The maximum atomic E-state index is 5.60. The first-order chi connectivity index (χ1) is 18.6. The Morgan fingerprint density at radius 1 is 0.816 bits per heavy atom. The molecule has 0 aliphatic heterocycles. The van der Waals surface area contributed by atoms with E-state index in [0.717, 1.165) is 74.9 Å². The summed E-state index contributed by atoms with van der Waals surface area (Å²) in [6.07, 6.45) is 5.62. The third-order valence-electron chi connectivity index (χ3n) is 8.50. The van der Waals surface area contributed by atoms with Crippen molar-refractivity contribution in [1.82, 2.24) is 14.9 Å². The number of ether oxygens (including phenoxy) is 2. The van der Waals surface area contributed by atoms with Crippen LogP contribution in [-0.4, -0.2) is 35.1 Å². The molecule has 0 N–H and O–H groups in total. The Kier molecular flexibility index (Phi) is 7.50. The van der Waals surface area contributed by atoms with Crippen LogP contribution < -0.4 is 9.47 Å². The highest BCUT2D eigenvalue weighted by Crippen LogP contribution is 2.50. The zero-order chi connectivity index (χ0) is 26.1. The Labute approximate surface area is 233 Å². The molecule has 2 aromatic carbocycles. The summed E-state index contributed by atoms with van der Waals surface area (Å²) < 4.78 is 11.2. The van der Waals surface area contributed by atoms with Crippen molar-refractivity contribution in [2.24, 2.45) is 17.8 Å². The second-order valence-corrected chi connectivity index (χ2v) is 12.4. The molecule has 0 spiro atoms. The molecule has 2 aliphatic rings. The second-order valence-electron chi connectivity index (χ2n) is 10.7. The third kappa shape index (κ3) is 5.12. The van der Waals surface area contributed by atoms with Gasteiger partial charge in [-0.2, -0.15) is 0 Å². The lowest BCUT2D eigenvalue weighted by Crippen LogP contribution is -2.40. The van der Waals surface area contributed by atoms with Crippen LogP contribution in [0.15, 0.2) is 59.3 Å². The van der Waals surface area contributed by atoms with E-state index in [9.17, 15) is 0 Å². The maximum Gasteiger partial charge on any atom is 0.129 e. The van der Waals surface area contributed by atoms with Gasteiger partial charge in [-0.05, 0) is 68.2 Å². The third-order valence-corrected chi connectivity index (χ3v) is 10.3. The molecule has 2 aliphatic carbocycles. The summed E-state index contributed by atoms with van der Waals surface area (Å²) in [6, 6.07) is 16.8. The van der Waals surface area contributed by atoms with Crippen LogP contribution in [0.25, 0.3) is 21.1 Å². The van der Waals surface area contributed by atoms with Crippen molar-refractivity contribution < 1.29 is 9.47 Å². The van der Waals surface area contributed by atoms with E-state index in [1.807, 2.05) is 36.4 Å². The molecule has 0 radical (unpaired) electrons. The lowest BCUT2D eigenvalue weighted by Gasteiger charge is -2.36. The summed E-state index contributed by atoms with van der Waals surface area (Å²) >= 11 is 3.39. The van der Waals surface area contributed by atoms with Crippen LogP contribution in [0, 0.1) is 17.8 Å². The number of benzene rings is 2. The van der Waals surface area contributed by atoms with Crippen LogP contribution in [0.5, 0.6) is 11.5 Å². The molecule has 6 rings (SSSR count). The monoisotopic (exact) mass is 545 g/mol. The molecule has 38 heavy (non-hydrogen) atoms. The normalized spacial score (nSPS) is 21.2. The summed E-state index contributed by atoms with van der Waals surface area (Å²) in [5.41, 5.74) is 4.34. The van der Waals surface area contributed by atoms with Crippen molar-refractivity contribution in [3.05, 3.63) is 70.7 Å². The first-order valence-electron chi connectivity index (χ1n) is 13.5. The van der Waals surface area contributed by atoms with Crippen molar-refractivity contribution in [1.29, 1.82) is 0 Å². The van der Waals surface area contributed by atoms with Crippen LogP contribution in [0.1, 0.15) is 44.0 Å². The van der Waals surface area contributed by atoms with Gasteiger partial charge in [-0.3, -0.25) is 4.90 Å². The fraction of sp³-hybridized carbons (Fsp3) is 0.419. The van der Waals surface area contributed by atoms with Crippen LogP contribution >= 0.6 is 22.7 Å². The number of nitrogens with zero attached hydrogens (tertiary/aromatic N) is 3. The van der Waals surface area contributed by atoms with E-state index in [2.05, 4.69) is 34.7 Å². The molecule has 2 heterocycles. The number of para-hydroxylation sites is 2. The molecule has 5 nitrogen and oxygen atoms in total. The Morgan fingerprint density at radius 2 is 1.37 bits per heavy atom. The minimum Gasteiger partial charge on any atom is -0.496 e. The number of hydrogen-bond donors (Lipinski definition) is 0. The van der Waals surface area contributed by atoms with Crippen molar-refractivity contribution >= 4 is 22.7 Å². The largest absolute Gasteiger partial charge is 0.496 e. The van der Waals surface area contributed by atoms with Crippen molar-refractivity contribution in [3.8, 4) is 32.6 Å². The van der Waals surface area contributed by atoms with Gasteiger partial charge >= 0.3 is 0 Å². The van der Waals surface area contributed by atoms with Gasteiger partial charge in [-0.1, -0.05) is 30.7 Å². The smallest absolute Gasteiger partial charge is 0.129 e. The zero-order valence-electron chi connectivity index (χ0n) is 22.3. The molecule has 198 valence electrons. The summed E-state index contributed by atoms with van der Waals surface area (Å²) in [4.78, 5) is 12.7. The van der Waals surface area contributed by atoms with Crippen LogP contribution in [0.2, 0.25) is 0 Å². The number of rotatable bonds is 10. The van der Waals surface area contributed by atoms with E-state index in [4.69, 9.17) is 19.4 Å². The number of methoxy groups -OCH3 is 2. The summed E-state index contributed by atoms with van der Waals surface area (Å²) in [7, 11) is 3.44. The molecule has 0 saturated heterocycles. The SMILES string of the molecule is COc1ccccc1-c1nc(CN(Cc2csc(-c3ccccc3OC)n2)[C@@H](C)[C@H]2C[C@H]3CC[C@H]2C3)cs1. The number of fused-ring (bicyclic) bond motifs is 2. The molecule has 0 amide bonds. The first kappa shape index (κ1) is 25.5. The van der Waals surface area contributed by atoms with Gasteiger partial charge in [0.2, 0.25) is 0 Å². The van der Waals surface area contributed by atoms with E-state index in [-0.39, 0.29) is 0 Å². The van der Waals surface area contributed by atoms with E-state index >= 15 is 0 Å². The maximum absolute atomic E-state index is 5.60. The minimum atomic E-state index is 0.484. The highest BCUT2D eigenvalue weighted by molar-refractivity contribution is 7.13. The fourth-order valence-electron chi connectivity index (χ4n) is 6.56. The van der Waals surface area contributed by atoms with Gasteiger partial charge in [0.05, 0.1) is 36.7 Å². The van der Waals surface area contributed by atoms with Gasteiger partial charge in [0.25, 0.3) is 0 Å². The molecular formula is C31H35N3O2S2. The zero-order valence-corrected chi connectivity index (χ0v) is 23.9. The Hall–Kier alpha value is -2.74. The molecule has 7 heteroatoms. The number of aromatic nitrogens is 2. The molecule has 4 atom stereocenters. The van der Waals surface area contributed by atoms with Crippen molar-refractivity contribution in [3.63, 3.8) is 0 Å². The van der Waals surface area contributed by atoms with Crippen LogP contribution in [0.4, 0.5) is 0 Å². The first-order valence-corrected chi connectivity index (χ1v) is 15.3. The molecule has 2 fully saturated rings. The molecule has 2 bridgehead atoms. The lowest BCUT2D eigenvalue weighted by atomic mass is 9.83. The van der Waals surface area contributed by atoms with Crippen molar-refractivity contribution in [2.45, 2.75) is 51.7 Å². The Balaban J connectivity index is 1.26. The summed E-state index contributed by atoms with van der Waals surface area (Å²) in [5, 5.41) is 6.45. The van der Waals surface area contributed by atoms with Crippen LogP contribution in [0.3, 0.4) is 0 Å². The Bertz CT molecular complexity index is 1290. The minimum absolute atomic E-state index is 0.484. The quantitative estimate of drug-likeness (QED) is 0.204. The molecule has 2 aromatic heterocycles. The topological polar surface area (TPSA) is 47.5 Å². The predicted molar refractivity (Wildman–Crippen MR) is 156 cm³/mol. The highest BCUT2D eigenvalue weighted by atomic mass is 32.1. The lowest BCUT2D eigenvalue weighted by molar-refractivity contribution is 0.104. The molecule has 0 unspecified atom stereocenters. The van der Waals surface area contributed by atoms with Gasteiger partial charge in [-0.15, -0.1) is 22.7 Å². The summed E-state index contributed by atoms with van der Waals surface area (Å²) in [5.74, 6) is 4.30. The van der Waals surface area contributed by atoms with Crippen molar-refractivity contribution in [2.75, 3.05) is 14.2 Å². The number of thiazole rings is 2. The highest BCUT2D eigenvalue weighted by Gasteiger charge is 2.43. The molecule has 2 saturated carbocycles. The van der Waals surface area contributed by atoms with E-state index < -0.39 is 0 Å². The average Bonchev–Trinajstić information content (AvgIpc) is 3.78. The van der Waals surface area contributed by atoms with Crippen LogP contribution in [-0.2, 0) is 13.1 Å². The fourth-order valence-corrected chi connectivity index (χ4v) is 8.25. The van der Waals surface area contributed by atoms with Gasteiger partial charge in [0.1, 0.15) is 21.5 Å². The van der Waals surface area contributed by atoms with E-state index in [0.29, 0.717) is 6.04 Å². The summed E-state index contributed by atoms with van der Waals surface area (Å²) in [6.45, 7) is 4.08. The van der Waals surface area contributed by atoms with Gasteiger partial charge in [0, 0.05) is 29.9 Å². The molecule has 4 aromatic rings. The number of hydrogen-bond acceptors (Lipinski definition) is 7. The van der Waals surface area contributed by atoms with Gasteiger partial charge < -0.3 is 9.47 Å². The predicted octanol–water partition coefficient (Wildman–Crippen LogP) is 7.78. The van der Waals surface area contributed by atoms with Gasteiger partial charge in [0.15, 0.2) is 0 Å². The van der Waals surface area contributed by atoms with Gasteiger partial charge in [-0.25, -0.2) is 9.97 Å². The second kappa shape index (κ2) is 11.2. The standard InChI is InChI=1S/C31H35N3O2S2/c1-20(27-15-21-12-13-22(27)14-21)34(16-23-18-37-30(32-23)25-8-4-6-10-28(25)35-2)17-24-19-38-31(33-24)26-9-5-7-11-29(26)36-3/h4-11,18-22,27H,12-17H2,1-3H3/t20-,21-,22-,27+/m0/s1. The van der Waals surface area contributed by atoms with E-state index in [1.165, 1.54) is 25.7 Å². The van der Waals surface area contributed by atoms with E-state index in [1.54, 1.807) is 36.9 Å². The Morgan fingerprint density at radius 3 is 1.84 bits per heavy atom. The average molecular weight is 546 g/mol.